The maximum absolute atomic E-state index is 12.6. The number of rotatable bonds is 9. The fraction of sp³-hybridized carbons (Fsp3) is 0.360. The van der Waals surface area contributed by atoms with Crippen LogP contribution in [-0.4, -0.2) is 47.6 Å². The number of thiophene rings is 1. The monoisotopic (exact) mass is 543 g/mol. The van der Waals surface area contributed by atoms with Crippen LogP contribution >= 0.6 is 34.4 Å². The molecule has 0 unspecified atom stereocenters. The quantitative estimate of drug-likeness (QED) is 0.325. The zero-order valence-electron chi connectivity index (χ0n) is 19.9. The third-order valence-electron chi connectivity index (χ3n) is 5.46. The molecular formula is C25H25N3O5S3. The van der Waals surface area contributed by atoms with Gasteiger partial charge in [0, 0.05) is 4.88 Å². The highest BCUT2D eigenvalue weighted by molar-refractivity contribution is 8.00. The SMILES string of the molecule is C#CCn1c(=NC(=O)CSCC(=O)Nc2sc3c(c2C(=O)OC)CCC3)sc2cc(OCC)ccc21. The molecule has 0 radical (unpaired) electrons. The Balaban J connectivity index is 1.41. The predicted molar refractivity (Wildman–Crippen MR) is 144 cm³/mol. The Morgan fingerprint density at radius 2 is 2.08 bits per heavy atom. The highest BCUT2D eigenvalue weighted by Crippen LogP contribution is 2.39. The highest BCUT2D eigenvalue weighted by atomic mass is 32.2. The molecule has 0 saturated carbocycles. The Morgan fingerprint density at radius 3 is 2.83 bits per heavy atom. The maximum atomic E-state index is 12.6. The van der Waals surface area contributed by atoms with Crippen molar-refractivity contribution >= 4 is 67.4 Å². The number of hydrogen-bond donors (Lipinski definition) is 1. The van der Waals surface area contributed by atoms with Crippen molar-refractivity contribution in [3.63, 3.8) is 0 Å². The molecule has 0 atom stereocenters. The van der Waals surface area contributed by atoms with Crippen LogP contribution in [0, 0.1) is 12.3 Å². The van der Waals surface area contributed by atoms with Gasteiger partial charge in [-0.1, -0.05) is 17.3 Å². The number of anilines is 1. The van der Waals surface area contributed by atoms with Crippen molar-refractivity contribution in [3.8, 4) is 18.1 Å². The van der Waals surface area contributed by atoms with Gasteiger partial charge in [0.05, 0.1) is 47.5 Å². The second-order valence-corrected chi connectivity index (χ2v) is 10.9. The summed E-state index contributed by atoms with van der Waals surface area (Å²) in [6.07, 6.45) is 8.23. The summed E-state index contributed by atoms with van der Waals surface area (Å²) in [6.45, 7) is 2.75. The number of hydrogen-bond acceptors (Lipinski definition) is 8. The van der Waals surface area contributed by atoms with Crippen LogP contribution in [0.2, 0.25) is 0 Å². The number of esters is 1. The first kappa shape index (κ1) is 26.0. The van der Waals surface area contributed by atoms with E-state index < -0.39 is 5.97 Å². The van der Waals surface area contributed by atoms with Crippen LogP contribution in [0.3, 0.4) is 0 Å². The smallest absolute Gasteiger partial charge is 0.341 e. The first-order valence-corrected chi connectivity index (χ1v) is 14.1. The second-order valence-electron chi connectivity index (χ2n) is 7.84. The van der Waals surface area contributed by atoms with Crippen molar-refractivity contribution in [2.75, 3.05) is 30.5 Å². The lowest BCUT2D eigenvalue weighted by Gasteiger charge is -2.06. The Morgan fingerprint density at radius 1 is 1.25 bits per heavy atom. The van der Waals surface area contributed by atoms with Crippen molar-refractivity contribution in [3.05, 3.63) is 39.0 Å². The van der Waals surface area contributed by atoms with E-state index in [-0.39, 0.29) is 29.9 Å². The summed E-state index contributed by atoms with van der Waals surface area (Å²) in [7, 11) is 1.33. The number of methoxy groups -OCH3 is 1. The molecule has 11 heteroatoms. The van der Waals surface area contributed by atoms with Gasteiger partial charge in [-0.3, -0.25) is 9.59 Å². The van der Waals surface area contributed by atoms with Crippen LogP contribution in [0.15, 0.2) is 23.2 Å². The van der Waals surface area contributed by atoms with Gasteiger partial charge in [0.25, 0.3) is 5.91 Å². The van der Waals surface area contributed by atoms with E-state index in [9.17, 15) is 14.4 Å². The van der Waals surface area contributed by atoms with E-state index in [0.717, 1.165) is 57.4 Å². The van der Waals surface area contributed by atoms with Crippen molar-refractivity contribution in [2.24, 2.45) is 4.99 Å². The van der Waals surface area contributed by atoms with E-state index >= 15 is 0 Å². The lowest BCUT2D eigenvalue weighted by molar-refractivity contribution is -0.115. The van der Waals surface area contributed by atoms with Crippen LogP contribution < -0.4 is 14.9 Å². The van der Waals surface area contributed by atoms with Crippen LogP contribution in [0.1, 0.15) is 34.1 Å². The highest BCUT2D eigenvalue weighted by Gasteiger charge is 2.28. The number of terminal acetylenes is 1. The minimum atomic E-state index is -0.441. The molecule has 4 rings (SSSR count). The molecule has 0 bridgehead atoms. The molecule has 188 valence electrons. The first-order chi connectivity index (χ1) is 17.4. The van der Waals surface area contributed by atoms with Gasteiger partial charge >= 0.3 is 5.97 Å². The molecule has 0 fully saturated rings. The molecular weight excluding hydrogens is 518 g/mol. The standard InChI is InChI=1S/C25H25N3O5S3/c1-4-11-28-17-10-9-15(33-5-2)12-19(17)36-25(28)27-21(30)14-34-13-20(29)26-23-22(24(31)32-3)16-7-6-8-18(16)35-23/h1,9-10,12H,5-8,11,13-14H2,2-3H3,(H,26,29). The number of nitrogens with one attached hydrogen (secondary N) is 1. The van der Waals surface area contributed by atoms with Gasteiger partial charge in [0.1, 0.15) is 10.8 Å². The first-order valence-electron chi connectivity index (χ1n) is 11.3. The third-order valence-corrected chi connectivity index (χ3v) is 8.62. The molecule has 0 saturated heterocycles. The summed E-state index contributed by atoms with van der Waals surface area (Å²) in [6, 6.07) is 5.67. The van der Waals surface area contributed by atoms with Gasteiger partial charge < -0.3 is 19.4 Å². The molecule has 1 aromatic carbocycles. The summed E-state index contributed by atoms with van der Waals surface area (Å²) in [5.41, 5.74) is 2.31. The number of benzene rings is 1. The lowest BCUT2D eigenvalue weighted by atomic mass is 10.1. The third kappa shape index (κ3) is 5.67. The maximum Gasteiger partial charge on any atom is 0.341 e. The number of fused-ring (bicyclic) bond motifs is 2. The minimum Gasteiger partial charge on any atom is -0.494 e. The van der Waals surface area contributed by atoms with Crippen LogP contribution in [0.5, 0.6) is 5.75 Å². The van der Waals surface area contributed by atoms with Gasteiger partial charge in [0.2, 0.25) is 5.91 Å². The topological polar surface area (TPSA) is 99.0 Å². The van der Waals surface area contributed by atoms with Gasteiger partial charge in [-0.15, -0.1) is 29.5 Å². The molecule has 2 heterocycles. The average Bonchev–Trinajstić information content (AvgIpc) is 3.52. The summed E-state index contributed by atoms with van der Waals surface area (Å²) < 4.78 is 13.2. The predicted octanol–water partition coefficient (Wildman–Crippen LogP) is 3.87. The molecule has 1 aliphatic rings. The number of ether oxygens (including phenoxy) is 2. The Labute approximate surface area is 220 Å². The Kier molecular flexibility index (Phi) is 8.51. The summed E-state index contributed by atoms with van der Waals surface area (Å²) in [4.78, 5) is 43.2. The number of thioether (sulfide) groups is 1. The normalized spacial score (nSPS) is 12.9. The van der Waals surface area contributed by atoms with E-state index in [1.807, 2.05) is 29.7 Å². The van der Waals surface area contributed by atoms with Crippen LogP contribution in [0.25, 0.3) is 10.2 Å². The zero-order chi connectivity index (χ0) is 25.7. The molecule has 0 spiro atoms. The largest absolute Gasteiger partial charge is 0.494 e. The fourth-order valence-electron chi connectivity index (χ4n) is 3.98. The van der Waals surface area contributed by atoms with Crippen LogP contribution in [0.4, 0.5) is 5.00 Å². The molecule has 36 heavy (non-hydrogen) atoms. The number of aromatic nitrogens is 1. The van der Waals surface area contributed by atoms with Crippen molar-refractivity contribution in [2.45, 2.75) is 32.7 Å². The van der Waals surface area contributed by atoms with Crippen LogP contribution in [-0.2, 0) is 33.7 Å². The Hall–Kier alpha value is -3.07. The summed E-state index contributed by atoms with van der Waals surface area (Å²) >= 11 is 3.94. The average molecular weight is 544 g/mol. The summed E-state index contributed by atoms with van der Waals surface area (Å²) in [5.74, 6) is 2.35. The number of amides is 2. The summed E-state index contributed by atoms with van der Waals surface area (Å²) in [5, 5.41) is 3.33. The molecule has 3 aromatic rings. The minimum absolute atomic E-state index is 0.0344. The number of carbonyl (C=O) groups is 3. The van der Waals surface area contributed by atoms with Crippen molar-refractivity contribution in [1.82, 2.24) is 4.57 Å². The molecule has 1 N–H and O–H groups in total. The van der Waals surface area contributed by atoms with E-state index in [1.165, 1.54) is 29.8 Å². The lowest BCUT2D eigenvalue weighted by Crippen LogP contribution is -2.19. The van der Waals surface area contributed by atoms with Crippen molar-refractivity contribution in [1.29, 1.82) is 0 Å². The number of carbonyl (C=O) groups excluding carboxylic acids is 3. The fourth-order valence-corrected chi connectivity index (χ4v) is 6.95. The molecule has 2 aromatic heterocycles. The Bertz CT molecular complexity index is 1430. The van der Waals surface area contributed by atoms with E-state index in [0.29, 0.717) is 22.0 Å². The van der Waals surface area contributed by atoms with E-state index in [1.54, 1.807) is 0 Å². The second kappa shape index (κ2) is 11.8. The van der Waals surface area contributed by atoms with Gasteiger partial charge in [0.15, 0.2) is 4.80 Å². The van der Waals surface area contributed by atoms with E-state index in [4.69, 9.17) is 15.9 Å². The van der Waals surface area contributed by atoms with E-state index in [2.05, 4.69) is 16.2 Å². The molecule has 1 aliphatic carbocycles. The number of thiazole rings is 1. The number of nitrogens with zero attached hydrogens (tertiary/aromatic N) is 2. The van der Waals surface area contributed by atoms with Gasteiger partial charge in [-0.25, -0.2) is 4.79 Å². The van der Waals surface area contributed by atoms with Gasteiger partial charge in [-0.2, -0.15) is 4.99 Å². The molecule has 0 aliphatic heterocycles. The molecule has 2 amide bonds. The van der Waals surface area contributed by atoms with Crippen molar-refractivity contribution < 1.29 is 23.9 Å². The zero-order valence-corrected chi connectivity index (χ0v) is 22.4. The molecule has 8 nitrogen and oxygen atoms in total. The van der Waals surface area contributed by atoms with Gasteiger partial charge in [-0.05, 0) is 49.9 Å². The number of aryl methyl sites for hydroxylation is 1.